The summed E-state index contributed by atoms with van der Waals surface area (Å²) in [5, 5.41) is 9.17. The van der Waals surface area contributed by atoms with Crippen molar-refractivity contribution in [3.05, 3.63) is 33.2 Å². The fourth-order valence-corrected chi connectivity index (χ4v) is 1.01. The van der Waals surface area contributed by atoms with Gasteiger partial charge in [0, 0.05) is 11.1 Å². The number of hydrogen-bond acceptors (Lipinski definition) is 1. The van der Waals surface area contributed by atoms with Crippen LogP contribution in [0.25, 0.3) is 4.98 Å². The summed E-state index contributed by atoms with van der Waals surface area (Å²) in [7, 11) is -6.00. The number of benzene rings is 1. The van der Waals surface area contributed by atoms with Crippen molar-refractivity contribution in [2.24, 2.45) is 0 Å². The average Bonchev–Trinajstić information content (AvgIpc) is 2.01. The molecule has 82 valence electrons. The van der Waals surface area contributed by atoms with Crippen molar-refractivity contribution in [1.29, 1.82) is 5.39 Å². The molecule has 0 spiro atoms. The van der Waals surface area contributed by atoms with Crippen molar-refractivity contribution in [3.8, 4) is 0 Å². The van der Waals surface area contributed by atoms with E-state index >= 15 is 0 Å². The lowest BCUT2D eigenvalue weighted by Crippen LogP contribution is -2.02. The standard InChI is InChI=1S/C6H3Cl2N2.BF4/c7-4-1-2-6(10-9)5(8)3-4;2-1(3,4)5/h1-3H;/q+1;-1. The maximum absolute atomic E-state index is 9.75. The molecule has 0 aliphatic carbocycles. The van der Waals surface area contributed by atoms with Gasteiger partial charge in [-0.05, 0) is 12.1 Å². The lowest BCUT2D eigenvalue weighted by Gasteiger charge is -1.94. The zero-order valence-electron chi connectivity index (χ0n) is 6.97. The molecule has 0 radical (unpaired) electrons. The predicted octanol–water partition coefficient (Wildman–Crippen LogP) is 4.78. The summed E-state index contributed by atoms with van der Waals surface area (Å²) in [5.74, 6) is 0. The van der Waals surface area contributed by atoms with Gasteiger partial charge in [-0.25, -0.2) is 0 Å². The fraction of sp³-hybridized carbons (Fsp3) is 0. The minimum absolute atomic E-state index is 0.325. The maximum atomic E-state index is 9.75. The molecule has 0 saturated heterocycles. The highest BCUT2D eigenvalue weighted by atomic mass is 35.5. The van der Waals surface area contributed by atoms with Crippen LogP contribution in [0, 0.1) is 5.39 Å². The van der Waals surface area contributed by atoms with Gasteiger partial charge in [0.05, 0.1) is 0 Å². The molecule has 1 aromatic carbocycles. The van der Waals surface area contributed by atoms with Gasteiger partial charge < -0.3 is 17.3 Å². The number of nitrogens with zero attached hydrogens (tertiary/aromatic N) is 2. The van der Waals surface area contributed by atoms with Crippen molar-refractivity contribution in [1.82, 2.24) is 0 Å². The number of rotatable bonds is 0. The second-order valence-corrected chi connectivity index (χ2v) is 3.03. The Kier molecular flexibility index (Phi) is 5.40. The molecule has 0 saturated carbocycles. The Morgan fingerprint density at radius 2 is 1.60 bits per heavy atom. The zero-order chi connectivity index (χ0) is 12.1. The van der Waals surface area contributed by atoms with Crippen molar-refractivity contribution >= 4 is 36.1 Å². The van der Waals surface area contributed by atoms with Gasteiger partial charge in [0.15, 0.2) is 4.98 Å². The van der Waals surface area contributed by atoms with Crippen LogP contribution in [0.3, 0.4) is 0 Å². The topological polar surface area (TPSA) is 28.1 Å². The van der Waals surface area contributed by atoms with Gasteiger partial charge in [-0.3, -0.25) is 0 Å². The van der Waals surface area contributed by atoms with Crippen LogP contribution in [0.4, 0.5) is 23.0 Å². The summed E-state index contributed by atoms with van der Waals surface area (Å²) in [6.45, 7) is 0. The van der Waals surface area contributed by atoms with Crippen LogP contribution in [-0.4, -0.2) is 7.25 Å². The minimum atomic E-state index is -6.00. The molecule has 0 fully saturated rings. The molecular formula is C6H3BCl2F4N2. The first-order chi connectivity index (χ1) is 6.74. The van der Waals surface area contributed by atoms with Crippen LogP contribution < -0.4 is 0 Å². The minimum Gasteiger partial charge on any atom is -0.418 e. The predicted molar refractivity (Wildman–Crippen MR) is 51.4 cm³/mol. The molecule has 15 heavy (non-hydrogen) atoms. The third-order valence-corrected chi connectivity index (χ3v) is 1.56. The molecule has 1 aromatic rings. The van der Waals surface area contributed by atoms with E-state index in [1.807, 2.05) is 0 Å². The molecule has 0 amide bonds. The van der Waals surface area contributed by atoms with E-state index in [9.17, 15) is 17.3 Å². The normalized spacial score (nSPS) is 9.93. The Bertz CT molecular complexity index is 370. The lowest BCUT2D eigenvalue weighted by molar-refractivity contribution is 0.368. The third-order valence-electron chi connectivity index (χ3n) is 1.02. The smallest absolute Gasteiger partial charge is 0.418 e. The van der Waals surface area contributed by atoms with Crippen LogP contribution in [0.5, 0.6) is 0 Å². The van der Waals surface area contributed by atoms with Gasteiger partial charge in [-0.2, -0.15) is 0 Å². The Morgan fingerprint density at radius 1 is 1.13 bits per heavy atom. The van der Waals surface area contributed by atoms with E-state index in [0.717, 1.165) is 0 Å². The molecular weight excluding hydrogens is 258 g/mol. The summed E-state index contributed by atoms with van der Waals surface area (Å²) in [6.07, 6.45) is 0. The molecule has 1 rings (SSSR count). The van der Waals surface area contributed by atoms with Crippen LogP contribution in [-0.2, 0) is 0 Å². The monoisotopic (exact) mass is 260 g/mol. The van der Waals surface area contributed by atoms with Gasteiger partial charge in [-0.15, -0.1) is 0 Å². The summed E-state index contributed by atoms with van der Waals surface area (Å²) >= 11 is 11.2. The van der Waals surface area contributed by atoms with Gasteiger partial charge in [0.2, 0.25) is 5.39 Å². The van der Waals surface area contributed by atoms with E-state index in [1.165, 1.54) is 12.1 Å². The first-order valence-corrected chi connectivity index (χ1v) is 4.17. The Labute approximate surface area is 92.5 Å². The third kappa shape index (κ3) is 8.03. The largest absolute Gasteiger partial charge is 0.673 e. The van der Waals surface area contributed by atoms with E-state index in [-0.39, 0.29) is 0 Å². The molecule has 0 heterocycles. The van der Waals surface area contributed by atoms with Crippen LogP contribution in [0.2, 0.25) is 10.0 Å². The van der Waals surface area contributed by atoms with Crippen LogP contribution in [0.1, 0.15) is 0 Å². The molecule has 0 aliphatic rings. The number of diazo groups is 1. The quantitative estimate of drug-likeness (QED) is 0.375. The van der Waals surface area contributed by atoms with Gasteiger partial charge in [0.25, 0.3) is 0 Å². The average molecular weight is 261 g/mol. The molecule has 0 unspecified atom stereocenters. The van der Waals surface area contributed by atoms with Crippen molar-refractivity contribution < 1.29 is 17.3 Å². The van der Waals surface area contributed by atoms with Crippen LogP contribution >= 0.6 is 23.2 Å². The van der Waals surface area contributed by atoms with E-state index in [2.05, 4.69) is 4.98 Å². The molecule has 2 nitrogen and oxygen atoms in total. The molecule has 0 atom stereocenters. The SMILES string of the molecule is F[B-](F)(F)F.N#[N+]c1ccc(Cl)cc1Cl. The molecule has 9 heteroatoms. The summed E-state index contributed by atoms with van der Waals surface area (Å²) in [5.41, 5.74) is 0.325. The molecule has 0 bridgehead atoms. The zero-order valence-corrected chi connectivity index (χ0v) is 8.48. The summed E-state index contributed by atoms with van der Waals surface area (Å²) < 4.78 is 39.0. The van der Waals surface area contributed by atoms with Crippen LogP contribution in [0.15, 0.2) is 18.2 Å². The number of halogens is 6. The highest BCUT2D eigenvalue weighted by Gasteiger charge is 2.20. The Balaban J connectivity index is 0.000000336. The Hall–Kier alpha value is -0.995. The van der Waals surface area contributed by atoms with Gasteiger partial charge in [-0.1, -0.05) is 23.2 Å². The highest BCUT2D eigenvalue weighted by Crippen LogP contribution is 2.27. The highest BCUT2D eigenvalue weighted by molar-refractivity contribution is 6.50. The number of hydrogen-bond donors (Lipinski definition) is 0. The first-order valence-electron chi connectivity index (χ1n) is 3.41. The van der Waals surface area contributed by atoms with Crippen molar-refractivity contribution in [2.45, 2.75) is 0 Å². The fourth-order valence-electron chi connectivity index (χ4n) is 0.562. The first kappa shape index (κ1) is 14.0. The summed E-state index contributed by atoms with van der Waals surface area (Å²) in [6, 6.07) is 4.64. The molecule has 0 aromatic heterocycles. The van der Waals surface area contributed by atoms with Crippen molar-refractivity contribution in [3.63, 3.8) is 0 Å². The second-order valence-electron chi connectivity index (χ2n) is 2.19. The van der Waals surface area contributed by atoms with E-state index in [4.69, 9.17) is 28.6 Å². The van der Waals surface area contributed by atoms with Gasteiger partial charge >= 0.3 is 12.9 Å². The van der Waals surface area contributed by atoms with E-state index in [1.54, 1.807) is 6.07 Å². The van der Waals surface area contributed by atoms with E-state index in [0.29, 0.717) is 15.7 Å². The Morgan fingerprint density at radius 3 is 1.93 bits per heavy atom. The second kappa shape index (κ2) is 5.78. The summed E-state index contributed by atoms with van der Waals surface area (Å²) in [4.78, 5) is 2.92. The lowest BCUT2D eigenvalue weighted by atomic mass is 10.3. The molecule has 0 N–H and O–H groups in total. The van der Waals surface area contributed by atoms with Crippen molar-refractivity contribution in [2.75, 3.05) is 0 Å². The van der Waals surface area contributed by atoms with E-state index < -0.39 is 7.25 Å². The maximum Gasteiger partial charge on any atom is 0.673 e. The van der Waals surface area contributed by atoms with Gasteiger partial charge in [0.1, 0.15) is 5.02 Å². The molecule has 0 aliphatic heterocycles.